The van der Waals surface area contributed by atoms with Crippen molar-refractivity contribution >= 4 is 33.6 Å². The van der Waals surface area contributed by atoms with Crippen molar-refractivity contribution < 1.29 is 4.79 Å². The van der Waals surface area contributed by atoms with Gasteiger partial charge in [-0.1, -0.05) is 15.9 Å². The van der Waals surface area contributed by atoms with Gasteiger partial charge in [-0.25, -0.2) is 0 Å². The predicted molar refractivity (Wildman–Crippen MR) is 54.4 cm³/mol. The molecule has 66 valence electrons. The van der Waals surface area contributed by atoms with Gasteiger partial charge in [-0.15, -0.1) is 0 Å². The zero-order chi connectivity index (χ0) is 8.85. The fourth-order valence-corrected chi connectivity index (χ4v) is 1.79. The molecule has 1 amide bonds. The maximum absolute atomic E-state index is 11.1. The number of hydrogen-bond donors (Lipinski definition) is 0. The molecule has 0 bridgehead atoms. The molecule has 11 heavy (non-hydrogen) atoms. The lowest BCUT2D eigenvalue weighted by Gasteiger charge is -2.23. The van der Waals surface area contributed by atoms with Gasteiger partial charge in [-0.3, -0.25) is 4.79 Å². The van der Waals surface area contributed by atoms with Crippen LogP contribution in [-0.4, -0.2) is 41.2 Å². The molecule has 0 radical (unpaired) electrons. The lowest BCUT2D eigenvalue weighted by Crippen LogP contribution is -2.37. The van der Waals surface area contributed by atoms with Gasteiger partial charge < -0.3 is 4.90 Å². The number of hydrogen-bond acceptors (Lipinski definition) is 2. The zero-order valence-electron chi connectivity index (χ0n) is 7.13. The van der Waals surface area contributed by atoms with Crippen LogP contribution < -0.4 is 0 Å². The van der Waals surface area contributed by atoms with E-state index in [-0.39, 0.29) is 5.91 Å². The molecule has 0 fully saturated rings. The summed E-state index contributed by atoms with van der Waals surface area (Å²) in [4.78, 5) is 12.9. The monoisotopic (exact) mass is 239 g/mol. The van der Waals surface area contributed by atoms with Crippen LogP contribution in [0.2, 0.25) is 0 Å². The fourth-order valence-electron chi connectivity index (χ4n) is 0.693. The van der Waals surface area contributed by atoms with E-state index in [2.05, 4.69) is 22.9 Å². The summed E-state index contributed by atoms with van der Waals surface area (Å²) in [6, 6.07) is 0.329. The minimum absolute atomic E-state index is 0.145. The van der Waals surface area contributed by atoms with Crippen LogP contribution in [0.4, 0.5) is 0 Å². The third-order valence-electron chi connectivity index (χ3n) is 1.58. The summed E-state index contributed by atoms with van der Waals surface area (Å²) >= 11 is 4.89. The van der Waals surface area contributed by atoms with Crippen molar-refractivity contribution in [1.29, 1.82) is 0 Å². The van der Waals surface area contributed by atoms with Crippen LogP contribution in [0.15, 0.2) is 0 Å². The quantitative estimate of drug-likeness (QED) is 0.695. The first-order chi connectivity index (χ1) is 5.13. The van der Waals surface area contributed by atoms with Gasteiger partial charge in [0.2, 0.25) is 5.91 Å². The highest BCUT2D eigenvalue weighted by atomic mass is 79.9. The Kier molecular flexibility index (Phi) is 6.05. The Labute approximate surface area is 80.8 Å². The SMILES string of the molecule is CSCC(C)N(C)C(=O)CBr. The Bertz CT molecular complexity index is 132. The van der Waals surface area contributed by atoms with Gasteiger partial charge in [0.25, 0.3) is 0 Å². The molecule has 2 nitrogen and oxygen atoms in total. The minimum atomic E-state index is 0.145. The topological polar surface area (TPSA) is 20.3 Å². The van der Waals surface area contributed by atoms with Crippen LogP contribution in [0.1, 0.15) is 6.92 Å². The number of carbonyl (C=O) groups excluding carboxylic acids is 1. The Morgan fingerprint density at radius 3 is 2.64 bits per heavy atom. The first-order valence-corrected chi connectivity index (χ1v) is 5.95. The van der Waals surface area contributed by atoms with E-state index < -0.39 is 0 Å². The maximum atomic E-state index is 11.1. The molecular weight excluding hydrogens is 226 g/mol. The molecule has 0 aliphatic carbocycles. The summed E-state index contributed by atoms with van der Waals surface area (Å²) in [5.74, 6) is 1.14. The van der Waals surface area contributed by atoms with Crippen LogP contribution in [0.5, 0.6) is 0 Å². The number of amides is 1. The van der Waals surface area contributed by atoms with Gasteiger partial charge in [-0.05, 0) is 13.2 Å². The maximum Gasteiger partial charge on any atom is 0.233 e. The van der Waals surface area contributed by atoms with Crippen molar-refractivity contribution in [3.63, 3.8) is 0 Å². The van der Waals surface area contributed by atoms with Crippen LogP contribution in [0, 0.1) is 0 Å². The summed E-state index contributed by atoms with van der Waals surface area (Å²) in [6.45, 7) is 2.05. The van der Waals surface area contributed by atoms with Crippen LogP contribution in [-0.2, 0) is 4.79 Å². The second kappa shape index (κ2) is 5.89. The van der Waals surface area contributed by atoms with Crippen LogP contribution >= 0.6 is 27.7 Å². The minimum Gasteiger partial charge on any atom is -0.342 e. The molecule has 0 spiro atoms. The number of rotatable bonds is 4. The Morgan fingerprint density at radius 1 is 1.73 bits per heavy atom. The number of carbonyl (C=O) groups is 1. The largest absolute Gasteiger partial charge is 0.342 e. The average molecular weight is 240 g/mol. The van der Waals surface area contributed by atoms with E-state index in [9.17, 15) is 4.79 Å². The molecule has 0 aliphatic rings. The second-order valence-electron chi connectivity index (χ2n) is 2.44. The predicted octanol–water partition coefficient (Wildman–Crippen LogP) is 1.59. The van der Waals surface area contributed by atoms with E-state index in [0.717, 1.165) is 5.75 Å². The zero-order valence-corrected chi connectivity index (χ0v) is 9.54. The summed E-state index contributed by atoms with van der Waals surface area (Å²) in [5.41, 5.74) is 0. The molecule has 0 aromatic rings. The second-order valence-corrected chi connectivity index (χ2v) is 3.91. The lowest BCUT2D eigenvalue weighted by atomic mass is 10.3. The van der Waals surface area contributed by atoms with Crippen molar-refractivity contribution in [1.82, 2.24) is 4.90 Å². The molecule has 0 heterocycles. The normalized spacial score (nSPS) is 12.7. The van der Waals surface area contributed by atoms with Crippen molar-refractivity contribution in [2.45, 2.75) is 13.0 Å². The van der Waals surface area contributed by atoms with Crippen molar-refractivity contribution in [3.8, 4) is 0 Å². The Morgan fingerprint density at radius 2 is 2.27 bits per heavy atom. The number of alkyl halides is 1. The summed E-state index contributed by atoms with van der Waals surface area (Å²) in [6.07, 6.45) is 2.04. The molecule has 1 atom stereocenters. The highest BCUT2D eigenvalue weighted by Crippen LogP contribution is 2.04. The Hall–Kier alpha value is 0.300. The van der Waals surface area contributed by atoms with E-state index in [1.54, 1.807) is 16.7 Å². The molecule has 0 saturated carbocycles. The Balaban J connectivity index is 3.80. The van der Waals surface area contributed by atoms with Gasteiger partial charge in [0.1, 0.15) is 0 Å². The third kappa shape index (κ3) is 4.01. The summed E-state index contributed by atoms with van der Waals surface area (Å²) in [7, 11) is 1.84. The fraction of sp³-hybridized carbons (Fsp3) is 0.857. The lowest BCUT2D eigenvalue weighted by molar-refractivity contribution is -0.128. The van der Waals surface area contributed by atoms with Crippen molar-refractivity contribution in [3.05, 3.63) is 0 Å². The highest BCUT2D eigenvalue weighted by Gasteiger charge is 2.12. The first-order valence-electron chi connectivity index (χ1n) is 3.44. The van der Waals surface area contributed by atoms with E-state index in [4.69, 9.17) is 0 Å². The van der Waals surface area contributed by atoms with Gasteiger partial charge in [0.15, 0.2) is 0 Å². The van der Waals surface area contributed by atoms with E-state index >= 15 is 0 Å². The van der Waals surface area contributed by atoms with Gasteiger partial charge in [-0.2, -0.15) is 11.8 Å². The van der Waals surface area contributed by atoms with Crippen molar-refractivity contribution in [2.24, 2.45) is 0 Å². The molecule has 0 saturated heterocycles. The van der Waals surface area contributed by atoms with Gasteiger partial charge in [0.05, 0.1) is 5.33 Å². The van der Waals surface area contributed by atoms with Crippen LogP contribution in [0.3, 0.4) is 0 Å². The standard InChI is InChI=1S/C7H14BrNOS/c1-6(5-11-3)9(2)7(10)4-8/h6H,4-5H2,1-3H3. The van der Waals surface area contributed by atoms with E-state index in [1.807, 2.05) is 13.3 Å². The van der Waals surface area contributed by atoms with Crippen molar-refractivity contribution in [2.75, 3.05) is 24.4 Å². The molecule has 1 unspecified atom stereocenters. The highest BCUT2D eigenvalue weighted by molar-refractivity contribution is 9.09. The summed E-state index contributed by atoms with van der Waals surface area (Å²) in [5, 5.41) is 0.419. The molecule has 0 aliphatic heterocycles. The third-order valence-corrected chi connectivity index (χ3v) is 2.87. The van der Waals surface area contributed by atoms with Crippen LogP contribution in [0.25, 0.3) is 0 Å². The van der Waals surface area contributed by atoms with E-state index in [0.29, 0.717) is 11.4 Å². The van der Waals surface area contributed by atoms with E-state index in [1.165, 1.54) is 0 Å². The summed E-state index contributed by atoms with van der Waals surface area (Å²) < 4.78 is 0. The molecule has 4 heteroatoms. The molecule has 0 N–H and O–H groups in total. The molecule has 0 aromatic heterocycles. The smallest absolute Gasteiger partial charge is 0.233 e. The van der Waals surface area contributed by atoms with Gasteiger partial charge >= 0.3 is 0 Å². The number of halogens is 1. The van der Waals surface area contributed by atoms with Gasteiger partial charge in [0, 0.05) is 18.8 Å². The number of thioether (sulfide) groups is 1. The molecule has 0 aromatic carbocycles. The average Bonchev–Trinajstić information content (AvgIpc) is 2.02. The molecule has 0 rings (SSSR count). The first kappa shape index (κ1) is 11.3. The number of nitrogens with zero attached hydrogens (tertiary/aromatic N) is 1. The molecular formula is C7H14BrNOS.